The Bertz CT molecular complexity index is 924. The van der Waals surface area contributed by atoms with Gasteiger partial charge in [-0.15, -0.1) is 0 Å². The lowest BCUT2D eigenvalue weighted by molar-refractivity contribution is -0.151. The lowest BCUT2D eigenvalue weighted by Gasteiger charge is -2.27. The maximum Gasteiger partial charge on any atom is 0.329 e. The third-order valence-corrected chi connectivity index (χ3v) is 4.48. The third kappa shape index (κ3) is 3.32. The third-order valence-electron chi connectivity index (χ3n) is 4.48. The van der Waals surface area contributed by atoms with Crippen LogP contribution in [0.3, 0.4) is 0 Å². The predicted octanol–water partition coefficient (Wildman–Crippen LogP) is 2.92. The Morgan fingerprint density at radius 1 is 1.04 bits per heavy atom. The van der Waals surface area contributed by atoms with Crippen molar-refractivity contribution < 1.29 is 19.1 Å². The second kappa shape index (κ2) is 7.42. The van der Waals surface area contributed by atoms with Gasteiger partial charge >= 0.3 is 5.97 Å². The normalized spacial score (nSPS) is 14.1. The molecule has 0 aromatic heterocycles. The van der Waals surface area contributed by atoms with Crippen molar-refractivity contribution in [3.63, 3.8) is 0 Å². The summed E-state index contributed by atoms with van der Waals surface area (Å²) >= 11 is 0. The number of fused-ring (bicyclic) bond motifs is 1. The molecule has 1 aliphatic rings. The van der Waals surface area contributed by atoms with Gasteiger partial charge in [0.1, 0.15) is 12.6 Å². The van der Waals surface area contributed by atoms with Crippen molar-refractivity contribution in [3.05, 3.63) is 70.8 Å². The lowest BCUT2D eigenvalue weighted by atomic mass is 10.0. The largest absolute Gasteiger partial charge is 0.459 e. The highest BCUT2D eigenvalue weighted by molar-refractivity contribution is 6.22. The monoisotopic (exact) mass is 362 g/mol. The average Bonchev–Trinajstić information content (AvgIpc) is 2.92. The van der Waals surface area contributed by atoms with Crippen LogP contribution in [-0.2, 0) is 16.1 Å². The summed E-state index contributed by atoms with van der Waals surface area (Å²) in [5.74, 6) is -1.99. The number of nitrogens with zero attached hydrogens (tertiary/aromatic N) is 2. The molecule has 2 amide bonds. The second-order valence-electron chi connectivity index (χ2n) is 6.59. The van der Waals surface area contributed by atoms with E-state index < -0.39 is 23.8 Å². The second-order valence-corrected chi connectivity index (χ2v) is 6.59. The minimum Gasteiger partial charge on any atom is -0.459 e. The van der Waals surface area contributed by atoms with E-state index in [9.17, 15) is 14.4 Å². The van der Waals surface area contributed by atoms with Crippen LogP contribution in [-0.4, -0.2) is 28.7 Å². The molecule has 0 unspecified atom stereocenters. The summed E-state index contributed by atoms with van der Waals surface area (Å²) in [6, 6.07) is 14.3. The van der Waals surface area contributed by atoms with Crippen LogP contribution in [0, 0.1) is 17.2 Å². The van der Waals surface area contributed by atoms with Crippen LogP contribution < -0.4 is 0 Å². The molecule has 0 aliphatic carbocycles. The summed E-state index contributed by atoms with van der Waals surface area (Å²) in [7, 11) is 0. The average molecular weight is 362 g/mol. The number of carbonyl (C=O) groups excluding carboxylic acids is 3. The standard InChI is InChI=1S/C21H18N2O4/c1-13(2)18(21(26)27-12-15-8-4-3-7-14(15)11-22)23-19(24)16-9-5-6-10-17(16)20(23)25/h3-10,13,18H,12H2,1-2H3/t18-/m0/s1. The molecular formula is C21H18N2O4. The first kappa shape index (κ1) is 18.3. The first-order chi connectivity index (χ1) is 13.0. The molecule has 1 atom stereocenters. The van der Waals surface area contributed by atoms with E-state index in [1.54, 1.807) is 62.4 Å². The highest BCUT2D eigenvalue weighted by atomic mass is 16.5. The Hall–Kier alpha value is -3.46. The van der Waals surface area contributed by atoms with Gasteiger partial charge in [0.05, 0.1) is 22.8 Å². The molecule has 0 spiro atoms. The number of carbonyl (C=O) groups is 3. The molecule has 1 aliphatic heterocycles. The molecule has 0 saturated heterocycles. The quantitative estimate of drug-likeness (QED) is 0.603. The number of hydrogen-bond acceptors (Lipinski definition) is 5. The minimum absolute atomic E-state index is 0.102. The highest BCUT2D eigenvalue weighted by Gasteiger charge is 2.44. The Balaban J connectivity index is 1.82. The number of amides is 2. The number of ether oxygens (including phenoxy) is 1. The first-order valence-electron chi connectivity index (χ1n) is 8.57. The van der Waals surface area contributed by atoms with Crippen molar-refractivity contribution in [3.8, 4) is 6.07 Å². The summed E-state index contributed by atoms with van der Waals surface area (Å²) in [5.41, 5.74) is 1.55. The van der Waals surface area contributed by atoms with Crippen LogP contribution in [0.15, 0.2) is 48.5 Å². The van der Waals surface area contributed by atoms with Gasteiger partial charge in [-0.1, -0.05) is 44.2 Å². The van der Waals surface area contributed by atoms with Gasteiger partial charge in [-0.2, -0.15) is 5.26 Å². The number of nitriles is 1. The van der Waals surface area contributed by atoms with Gasteiger partial charge in [0.25, 0.3) is 11.8 Å². The Morgan fingerprint density at radius 2 is 1.59 bits per heavy atom. The summed E-state index contributed by atoms with van der Waals surface area (Å²) in [4.78, 5) is 39.1. The van der Waals surface area contributed by atoms with Crippen LogP contribution >= 0.6 is 0 Å². The van der Waals surface area contributed by atoms with Crippen LogP contribution in [0.1, 0.15) is 45.7 Å². The molecule has 2 aromatic rings. The number of hydrogen-bond donors (Lipinski definition) is 0. The van der Waals surface area contributed by atoms with Gasteiger partial charge in [-0.05, 0) is 24.1 Å². The van der Waals surface area contributed by atoms with Crippen molar-refractivity contribution in [2.24, 2.45) is 5.92 Å². The van der Waals surface area contributed by atoms with Crippen LogP contribution in [0.5, 0.6) is 0 Å². The van der Waals surface area contributed by atoms with E-state index >= 15 is 0 Å². The van der Waals surface area contributed by atoms with Gasteiger partial charge in [-0.3, -0.25) is 14.5 Å². The van der Waals surface area contributed by atoms with Crippen molar-refractivity contribution in [2.75, 3.05) is 0 Å². The lowest BCUT2D eigenvalue weighted by Crippen LogP contribution is -2.48. The highest BCUT2D eigenvalue weighted by Crippen LogP contribution is 2.28. The Kier molecular flexibility index (Phi) is 5.04. The van der Waals surface area contributed by atoms with Gasteiger partial charge in [0.15, 0.2) is 0 Å². The molecule has 27 heavy (non-hydrogen) atoms. The number of rotatable bonds is 5. The van der Waals surface area contributed by atoms with E-state index in [0.717, 1.165) is 4.90 Å². The minimum atomic E-state index is -1.04. The molecule has 0 fully saturated rings. The summed E-state index contributed by atoms with van der Waals surface area (Å²) < 4.78 is 5.37. The van der Waals surface area contributed by atoms with Crippen molar-refractivity contribution in [1.82, 2.24) is 4.90 Å². The predicted molar refractivity (Wildman–Crippen MR) is 96.5 cm³/mol. The maximum absolute atomic E-state index is 12.7. The van der Waals surface area contributed by atoms with Gasteiger partial charge in [0, 0.05) is 5.56 Å². The van der Waals surface area contributed by atoms with E-state index in [1.165, 1.54) is 0 Å². The summed E-state index contributed by atoms with van der Waals surface area (Å²) in [6.07, 6.45) is 0. The number of esters is 1. The number of benzene rings is 2. The summed E-state index contributed by atoms with van der Waals surface area (Å²) in [6.45, 7) is 3.40. The SMILES string of the molecule is CC(C)[C@@H](C(=O)OCc1ccccc1C#N)N1C(=O)c2ccccc2C1=O. The van der Waals surface area contributed by atoms with Crippen molar-refractivity contribution >= 4 is 17.8 Å². The fourth-order valence-corrected chi connectivity index (χ4v) is 3.13. The Morgan fingerprint density at radius 3 is 2.15 bits per heavy atom. The maximum atomic E-state index is 12.7. The van der Waals surface area contributed by atoms with E-state index in [-0.39, 0.29) is 23.7 Å². The molecule has 6 nitrogen and oxygen atoms in total. The molecule has 0 saturated carbocycles. The molecule has 136 valence electrons. The molecule has 3 rings (SSSR count). The van der Waals surface area contributed by atoms with E-state index in [2.05, 4.69) is 0 Å². The zero-order valence-electron chi connectivity index (χ0n) is 15.0. The van der Waals surface area contributed by atoms with Gasteiger partial charge < -0.3 is 4.74 Å². The molecule has 6 heteroatoms. The molecule has 1 heterocycles. The van der Waals surface area contributed by atoms with Crippen LogP contribution in [0.25, 0.3) is 0 Å². The van der Waals surface area contributed by atoms with Crippen molar-refractivity contribution in [1.29, 1.82) is 5.26 Å². The van der Waals surface area contributed by atoms with Crippen molar-refractivity contribution in [2.45, 2.75) is 26.5 Å². The number of imide groups is 1. The fraction of sp³-hybridized carbons (Fsp3) is 0.238. The Labute approximate surface area is 157 Å². The van der Waals surface area contributed by atoms with Crippen LogP contribution in [0.2, 0.25) is 0 Å². The molecule has 0 N–H and O–H groups in total. The smallest absolute Gasteiger partial charge is 0.329 e. The fourth-order valence-electron chi connectivity index (χ4n) is 3.13. The van der Waals surface area contributed by atoms with E-state index in [1.807, 2.05) is 6.07 Å². The van der Waals surface area contributed by atoms with E-state index in [0.29, 0.717) is 11.1 Å². The molecular weight excluding hydrogens is 344 g/mol. The van der Waals surface area contributed by atoms with Gasteiger partial charge in [-0.25, -0.2) is 4.79 Å². The molecule has 2 aromatic carbocycles. The summed E-state index contributed by atoms with van der Waals surface area (Å²) in [5, 5.41) is 9.14. The van der Waals surface area contributed by atoms with Gasteiger partial charge in [0.2, 0.25) is 0 Å². The van der Waals surface area contributed by atoms with E-state index in [4.69, 9.17) is 10.00 Å². The molecule has 0 radical (unpaired) electrons. The van der Waals surface area contributed by atoms with Crippen LogP contribution in [0.4, 0.5) is 0 Å². The first-order valence-corrected chi connectivity index (χ1v) is 8.57. The zero-order valence-corrected chi connectivity index (χ0v) is 15.0. The topological polar surface area (TPSA) is 87.5 Å². The zero-order chi connectivity index (χ0) is 19.6. The molecule has 0 bridgehead atoms.